The van der Waals surface area contributed by atoms with Crippen molar-refractivity contribution in [2.45, 2.75) is 17.4 Å². The summed E-state index contributed by atoms with van der Waals surface area (Å²) in [5.41, 5.74) is 1.94. The van der Waals surface area contributed by atoms with Gasteiger partial charge in [0.15, 0.2) is 0 Å². The van der Waals surface area contributed by atoms with Gasteiger partial charge in [-0.05, 0) is 41.3 Å². The summed E-state index contributed by atoms with van der Waals surface area (Å²) in [6, 6.07) is 17.9. The molecule has 130 valence electrons. The predicted octanol–water partition coefficient (Wildman–Crippen LogP) is 3.51. The van der Waals surface area contributed by atoms with E-state index in [2.05, 4.69) is 5.32 Å². The van der Waals surface area contributed by atoms with Crippen molar-refractivity contribution in [3.8, 4) is 0 Å². The number of fused-ring (bicyclic) bond motifs is 1. The van der Waals surface area contributed by atoms with Crippen LogP contribution in [0.4, 0.5) is 0 Å². The summed E-state index contributed by atoms with van der Waals surface area (Å²) in [4.78, 5) is 13.1. The summed E-state index contributed by atoms with van der Waals surface area (Å²) in [5.74, 6) is 0.685. The summed E-state index contributed by atoms with van der Waals surface area (Å²) in [6.07, 6.45) is 1.73. The maximum absolute atomic E-state index is 11.9. The fourth-order valence-corrected chi connectivity index (χ4v) is 3.58. The maximum Gasteiger partial charge on any atom is 0.220 e. The third-order valence-electron chi connectivity index (χ3n) is 4.13. The molecule has 0 saturated heterocycles. The van der Waals surface area contributed by atoms with E-state index >= 15 is 0 Å². The minimum Gasteiger partial charge on any atom is -0.387 e. The molecule has 1 aromatic heterocycles. The molecule has 1 amide bonds. The van der Waals surface area contributed by atoms with Gasteiger partial charge in [0.1, 0.15) is 0 Å². The molecule has 2 aromatic carbocycles. The van der Waals surface area contributed by atoms with Crippen LogP contribution in [0.15, 0.2) is 65.7 Å². The van der Waals surface area contributed by atoms with Crippen molar-refractivity contribution in [2.24, 2.45) is 7.05 Å². The molecule has 0 spiro atoms. The second-order valence-electron chi connectivity index (χ2n) is 5.98. The highest BCUT2D eigenvalue weighted by atomic mass is 32.2. The standard InChI is InChI=1S/C20H22N2O2S/c1-22-11-9-15-13-16(7-8-18(15)22)19(23)14-21-20(24)10-12-25-17-5-3-2-4-6-17/h2-9,11,13,19,23H,10,12,14H2,1H3,(H,21,24). The number of aliphatic hydroxyl groups is 1. The van der Waals surface area contributed by atoms with Crippen LogP contribution in [0.1, 0.15) is 18.1 Å². The summed E-state index contributed by atoms with van der Waals surface area (Å²) in [7, 11) is 1.99. The lowest BCUT2D eigenvalue weighted by atomic mass is 10.1. The number of amides is 1. The fourth-order valence-electron chi connectivity index (χ4n) is 2.70. The van der Waals surface area contributed by atoms with E-state index in [1.54, 1.807) is 11.8 Å². The van der Waals surface area contributed by atoms with Crippen LogP contribution in [0.2, 0.25) is 0 Å². The molecule has 0 radical (unpaired) electrons. The number of nitrogens with zero attached hydrogens (tertiary/aromatic N) is 1. The quantitative estimate of drug-likeness (QED) is 0.639. The summed E-state index contributed by atoms with van der Waals surface area (Å²) in [5, 5.41) is 14.2. The van der Waals surface area contributed by atoms with E-state index in [1.807, 2.05) is 72.4 Å². The number of aliphatic hydroxyl groups excluding tert-OH is 1. The number of carbonyl (C=O) groups excluding carboxylic acids is 1. The largest absolute Gasteiger partial charge is 0.387 e. The highest BCUT2D eigenvalue weighted by molar-refractivity contribution is 7.99. The Balaban J connectivity index is 1.45. The van der Waals surface area contributed by atoms with Gasteiger partial charge < -0.3 is 15.0 Å². The zero-order valence-electron chi connectivity index (χ0n) is 14.2. The third kappa shape index (κ3) is 4.65. The van der Waals surface area contributed by atoms with Gasteiger partial charge in [-0.2, -0.15) is 0 Å². The molecular formula is C20H22N2O2S. The van der Waals surface area contributed by atoms with E-state index in [1.165, 1.54) is 0 Å². The molecule has 2 N–H and O–H groups in total. The fraction of sp³-hybridized carbons (Fsp3) is 0.250. The number of aromatic nitrogens is 1. The lowest BCUT2D eigenvalue weighted by Gasteiger charge is -2.13. The highest BCUT2D eigenvalue weighted by Crippen LogP contribution is 2.21. The highest BCUT2D eigenvalue weighted by Gasteiger charge is 2.11. The monoisotopic (exact) mass is 354 g/mol. The van der Waals surface area contributed by atoms with Gasteiger partial charge in [0.25, 0.3) is 0 Å². The van der Waals surface area contributed by atoms with E-state index in [4.69, 9.17) is 0 Å². The number of carbonyl (C=O) groups is 1. The van der Waals surface area contributed by atoms with Gasteiger partial charge in [-0.1, -0.05) is 24.3 Å². The van der Waals surface area contributed by atoms with Crippen molar-refractivity contribution < 1.29 is 9.90 Å². The van der Waals surface area contributed by atoms with Crippen LogP contribution in [-0.2, 0) is 11.8 Å². The molecule has 1 heterocycles. The van der Waals surface area contributed by atoms with Crippen LogP contribution in [0.25, 0.3) is 10.9 Å². The maximum atomic E-state index is 11.9. The molecular weight excluding hydrogens is 332 g/mol. The van der Waals surface area contributed by atoms with Crippen molar-refractivity contribution in [3.05, 3.63) is 66.4 Å². The third-order valence-corrected chi connectivity index (χ3v) is 5.14. The van der Waals surface area contributed by atoms with E-state index < -0.39 is 6.10 Å². The molecule has 3 rings (SSSR count). The molecule has 1 atom stereocenters. The molecule has 0 bridgehead atoms. The average Bonchev–Trinajstić information content (AvgIpc) is 3.01. The summed E-state index contributed by atoms with van der Waals surface area (Å²) < 4.78 is 2.04. The second-order valence-corrected chi connectivity index (χ2v) is 7.14. The van der Waals surface area contributed by atoms with Gasteiger partial charge in [0.2, 0.25) is 5.91 Å². The lowest BCUT2D eigenvalue weighted by Crippen LogP contribution is -2.28. The van der Waals surface area contributed by atoms with Gasteiger partial charge in [-0.25, -0.2) is 0 Å². The lowest BCUT2D eigenvalue weighted by molar-refractivity contribution is -0.121. The molecule has 3 aromatic rings. The molecule has 0 aliphatic carbocycles. The van der Waals surface area contributed by atoms with Gasteiger partial charge in [0.05, 0.1) is 6.10 Å². The minimum absolute atomic E-state index is 0.0386. The number of thioether (sulfide) groups is 1. The molecule has 0 fully saturated rings. The van der Waals surface area contributed by atoms with Crippen molar-refractivity contribution in [1.82, 2.24) is 9.88 Å². The molecule has 0 aliphatic rings. The summed E-state index contributed by atoms with van der Waals surface area (Å²) >= 11 is 1.66. The first-order valence-corrected chi connectivity index (χ1v) is 9.29. The average molecular weight is 354 g/mol. The molecule has 1 unspecified atom stereocenters. The number of rotatable bonds is 7. The van der Waals surface area contributed by atoms with Gasteiger partial charge >= 0.3 is 0 Å². The van der Waals surface area contributed by atoms with E-state index in [9.17, 15) is 9.90 Å². The van der Waals surface area contributed by atoms with Crippen molar-refractivity contribution in [1.29, 1.82) is 0 Å². The van der Waals surface area contributed by atoms with Gasteiger partial charge in [0, 0.05) is 42.4 Å². The number of hydrogen-bond acceptors (Lipinski definition) is 3. The van der Waals surface area contributed by atoms with Gasteiger partial charge in [-0.15, -0.1) is 11.8 Å². The Hall–Kier alpha value is -2.24. The predicted molar refractivity (Wildman–Crippen MR) is 103 cm³/mol. The van der Waals surface area contributed by atoms with Crippen LogP contribution in [0, 0.1) is 0 Å². The van der Waals surface area contributed by atoms with E-state index in [0.717, 1.165) is 27.1 Å². The Bertz CT molecular complexity index is 845. The normalized spacial score (nSPS) is 12.2. The summed E-state index contributed by atoms with van der Waals surface area (Å²) in [6.45, 7) is 0.229. The van der Waals surface area contributed by atoms with Crippen LogP contribution in [-0.4, -0.2) is 27.9 Å². The topological polar surface area (TPSA) is 54.3 Å². The Morgan fingerprint density at radius 1 is 1.20 bits per heavy atom. The molecule has 0 aliphatic heterocycles. The van der Waals surface area contributed by atoms with E-state index in [0.29, 0.717) is 6.42 Å². The molecule has 5 heteroatoms. The zero-order valence-corrected chi connectivity index (χ0v) is 15.0. The minimum atomic E-state index is -0.699. The smallest absolute Gasteiger partial charge is 0.220 e. The number of nitrogens with one attached hydrogen (secondary N) is 1. The zero-order chi connectivity index (χ0) is 17.6. The SMILES string of the molecule is Cn1ccc2cc(C(O)CNC(=O)CCSc3ccccc3)ccc21. The van der Waals surface area contributed by atoms with Crippen LogP contribution < -0.4 is 5.32 Å². The number of benzene rings is 2. The van der Waals surface area contributed by atoms with Crippen LogP contribution >= 0.6 is 11.8 Å². The molecule has 4 nitrogen and oxygen atoms in total. The molecule has 25 heavy (non-hydrogen) atoms. The first-order valence-electron chi connectivity index (χ1n) is 8.31. The number of hydrogen-bond donors (Lipinski definition) is 2. The van der Waals surface area contributed by atoms with Crippen molar-refractivity contribution >= 4 is 28.6 Å². The first-order chi connectivity index (χ1) is 12.1. The molecule has 0 saturated carbocycles. The van der Waals surface area contributed by atoms with Crippen LogP contribution in [0.3, 0.4) is 0 Å². The van der Waals surface area contributed by atoms with Crippen LogP contribution in [0.5, 0.6) is 0 Å². The van der Waals surface area contributed by atoms with Crippen molar-refractivity contribution in [3.63, 3.8) is 0 Å². The Kier molecular flexibility index (Phi) is 5.79. The second kappa shape index (κ2) is 8.23. The first kappa shape index (κ1) is 17.6. The Labute approximate surface area is 151 Å². The van der Waals surface area contributed by atoms with Crippen molar-refractivity contribution in [2.75, 3.05) is 12.3 Å². The van der Waals surface area contributed by atoms with Gasteiger partial charge in [-0.3, -0.25) is 4.79 Å². The Morgan fingerprint density at radius 3 is 2.80 bits per heavy atom. The Morgan fingerprint density at radius 2 is 2.00 bits per heavy atom. The number of aryl methyl sites for hydroxylation is 1. The van der Waals surface area contributed by atoms with E-state index in [-0.39, 0.29) is 12.5 Å².